The summed E-state index contributed by atoms with van der Waals surface area (Å²) in [7, 11) is -4.35. The Morgan fingerprint density at radius 1 is 1.23 bits per heavy atom. The summed E-state index contributed by atoms with van der Waals surface area (Å²) in [5.41, 5.74) is 0. The maximum Gasteiger partial charge on any atom is 0.307 e. The molecule has 0 aromatic heterocycles. The lowest BCUT2D eigenvalue weighted by atomic mass is 10.3. The zero-order valence-electron chi connectivity index (χ0n) is 6.47. The van der Waals surface area contributed by atoms with Crippen LogP contribution < -0.4 is 0 Å². The lowest BCUT2D eigenvalue weighted by molar-refractivity contribution is -0.146. The van der Waals surface area contributed by atoms with E-state index in [0.717, 1.165) is 0 Å². The third kappa shape index (κ3) is 8.76. The zero-order valence-corrected chi connectivity index (χ0v) is 7.28. The number of esters is 1. The maximum absolute atomic E-state index is 10.5. The van der Waals surface area contributed by atoms with Crippen molar-refractivity contribution >= 4 is 22.1 Å². The van der Waals surface area contributed by atoms with Crippen molar-refractivity contribution < 1.29 is 32.4 Å². The van der Waals surface area contributed by atoms with Gasteiger partial charge in [0, 0.05) is 0 Å². The molecule has 0 unspecified atom stereocenters. The number of rotatable bonds is 5. The van der Waals surface area contributed by atoms with E-state index in [9.17, 15) is 18.0 Å². The number of carbonyl (C=O) groups excluding carboxylic acids is 1. The van der Waals surface area contributed by atoms with Gasteiger partial charge in [-0.25, -0.2) is 0 Å². The highest BCUT2D eigenvalue weighted by atomic mass is 32.2. The second-order valence-electron chi connectivity index (χ2n) is 2.11. The Hall–Kier alpha value is -1.15. The van der Waals surface area contributed by atoms with Gasteiger partial charge in [-0.15, -0.1) is 0 Å². The van der Waals surface area contributed by atoms with E-state index in [2.05, 4.69) is 4.74 Å². The van der Waals surface area contributed by atoms with Gasteiger partial charge in [0.15, 0.2) is 0 Å². The van der Waals surface area contributed by atoms with Gasteiger partial charge < -0.3 is 9.84 Å². The second-order valence-corrected chi connectivity index (χ2v) is 3.51. The van der Waals surface area contributed by atoms with Crippen LogP contribution >= 0.6 is 0 Å². The topological polar surface area (TPSA) is 118 Å². The molecular weight excluding hydrogens is 204 g/mol. The van der Waals surface area contributed by atoms with Crippen LogP contribution in [-0.4, -0.2) is 36.0 Å². The van der Waals surface area contributed by atoms with Crippen LogP contribution in [0.1, 0.15) is 12.8 Å². The van der Waals surface area contributed by atoms with Crippen LogP contribution in [0.25, 0.3) is 0 Å². The van der Waals surface area contributed by atoms with Crippen molar-refractivity contribution in [3.63, 3.8) is 0 Å². The molecule has 0 rings (SSSR count). The fourth-order valence-electron chi connectivity index (χ4n) is 0.421. The second kappa shape index (κ2) is 4.77. The largest absolute Gasteiger partial charge is 0.481 e. The van der Waals surface area contributed by atoms with E-state index in [4.69, 9.17) is 9.66 Å². The summed E-state index contributed by atoms with van der Waals surface area (Å²) in [4.78, 5) is 20.5. The molecule has 0 amide bonds. The molecule has 0 aromatic rings. The van der Waals surface area contributed by atoms with Gasteiger partial charge >= 0.3 is 22.1 Å². The van der Waals surface area contributed by atoms with Crippen LogP contribution in [0.4, 0.5) is 0 Å². The van der Waals surface area contributed by atoms with Gasteiger partial charge in [0.05, 0.1) is 12.8 Å². The van der Waals surface area contributed by atoms with Gasteiger partial charge in [-0.3, -0.25) is 14.1 Å². The first kappa shape index (κ1) is 11.8. The summed E-state index contributed by atoms with van der Waals surface area (Å²) in [6.45, 7) is 0. The summed E-state index contributed by atoms with van der Waals surface area (Å²) in [5.74, 6) is -3.32. The van der Waals surface area contributed by atoms with Crippen molar-refractivity contribution in [3.05, 3.63) is 0 Å². The van der Waals surface area contributed by atoms with Gasteiger partial charge in [0.2, 0.25) is 5.94 Å². The number of carbonyl (C=O) groups is 2. The lowest BCUT2D eigenvalue weighted by Crippen LogP contribution is -2.14. The minimum Gasteiger partial charge on any atom is -0.481 e. The van der Waals surface area contributed by atoms with Crippen LogP contribution in [0.15, 0.2) is 0 Å². The third-order valence-electron chi connectivity index (χ3n) is 0.912. The quantitative estimate of drug-likeness (QED) is 0.454. The molecule has 0 spiro atoms. The molecule has 0 aliphatic carbocycles. The van der Waals surface area contributed by atoms with Crippen molar-refractivity contribution in [2.24, 2.45) is 0 Å². The fraction of sp³-hybridized carbons (Fsp3) is 0.600. The van der Waals surface area contributed by atoms with Gasteiger partial charge in [-0.05, 0) is 0 Å². The minimum atomic E-state index is -4.35. The van der Waals surface area contributed by atoms with Gasteiger partial charge in [-0.1, -0.05) is 0 Å². The Morgan fingerprint density at radius 2 is 1.77 bits per heavy atom. The Labute approximate surface area is 74.1 Å². The summed E-state index contributed by atoms with van der Waals surface area (Å²) in [5, 5.41) is 8.12. The molecule has 0 heterocycles. The molecule has 0 radical (unpaired) electrons. The normalized spacial score (nSPS) is 10.8. The van der Waals surface area contributed by atoms with E-state index < -0.39 is 40.8 Å². The van der Waals surface area contributed by atoms with Crippen molar-refractivity contribution in [2.45, 2.75) is 12.8 Å². The Morgan fingerprint density at radius 3 is 2.15 bits per heavy atom. The Balaban J connectivity index is 3.71. The van der Waals surface area contributed by atoms with Crippen molar-refractivity contribution in [2.75, 3.05) is 5.94 Å². The number of carboxylic acid groups (broad SMARTS) is 1. The average molecular weight is 212 g/mol. The highest BCUT2D eigenvalue weighted by molar-refractivity contribution is 7.85. The number of hydrogen-bond donors (Lipinski definition) is 2. The lowest BCUT2D eigenvalue weighted by Gasteiger charge is -1.99. The fourth-order valence-corrected chi connectivity index (χ4v) is 0.702. The molecule has 0 aromatic carbocycles. The summed E-state index contributed by atoms with van der Waals surface area (Å²) < 4.78 is 32.2. The van der Waals surface area contributed by atoms with Crippen LogP contribution in [0, 0.1) is 0 Å². The highest BCUT2D eigenvalue weighted by Gasteiger charge is 2.11. The molecule has 13 heavy (non-hydrogen) atoms. The van der Waals surface area contributed by atoms with Crippen molar-refractivity contribution in [3.8, 4) is 0 Å². The molecule has 0 fully saturated rings. The molecule has 0 aliphatic rings. The Bertz CT molecular complexity index is 290. The van der Waals surface area contributed by atoms with Crippen LogP contribution in [0.5, 0.6) is 0 Å². The average Bonchev–Trinajstić information content (AvgIpc) is 1.95. The monoisotopic (exact) mass is 212 g/mol. The molecule has 0 saturated carbocycles. The first-order valence-electron chi connectivity index (χ1n) is 3.14. The van der Waals surface area contributed by atoms with Crippen LogP contribution in [0.2, 0.25) is 0 Å². The number of hydrogen-bond acceptors (Lipinski definition) is 5. The predicted molar refractivity (Wildman–Crippen MR) is 39.4 cm³/mol. The molecule has 76 valence electrons. The molecule has 2 N–H and O–H groups in total. The minimum absolute atomic E-state index is 0.426. The summed E-state index contributed by atoms with van der Waals surface area (Å²) >= 11 is 0. The number of ether oxygens (including phenoxy) is 1. The van der Waals surface area contributed by atoms with Crippen molar-refractivity contribution in [1.29, 1.82) is 0 Å². The molecule has 0 aliphatic heterocycles. The standard InChI is InChI=1S/C5H8O7S/c6-4(7)1-2-5(8)12-3-13(9,10)11/h1-3H2,(H,6,7)(H,9,10,11). The molecule has 0 saturated heterocycles. The van der Waals surface area contributed by atoms with Crippen LogP contribution in [0.3, 0.4) is 0 Å². The summed E-state index contributed by atoms with van der Waals surface area (Å²) in [6.07, 6.45) is -0.866. The van der Waals surface area contributed by atoms with E-state index >= 15 is 0 Å². The molecule has 8 heteroatoms. The molecule has 0 atom stereocenters. The molecule has 7 nitrogen and oxygen atoms in total. The van der Waals surface area contributed by atoms with Crippen molar-refractivity contribution in [1.82, 2.24) is 0 Å². The van der Waals surface area contributed by atoms with E-state index in [1.54, 1.807) is 0 Å². The van der Waals surface area contributed by atoms with E-state index in [0.29, 0.717) is 0 Å². The zero-order chi connectivity index (χ0) is 10.5. The number of carboxylic acids is 1. The third-order valence-corrected chi connectivity index (χ3v) is 1.33. The van der Waals surface area contributed by atoms with Gasteiger partial charge in [-0.2, -0.15) is 8.42 Å². The highest BCUT2D eigenvalue weighted by Crippen LogP contribution is 1.94. The SMILES string of the molecule is O=C(O)CCC(=O)OCS(=O)(=O)O. The van der Waals surface area contributed by atoms with Gasteiger partial charge in [0.25, 0.3) is 0 Å². The van der Waals surface area contributed by atoms with E-state index in [-0.39, 0.29) is 0 Å². The smallest absolute Gasteiger partial charge is 0.307 e. The Kier molecular flexibility index (Phi) is 4.35. The maximum atomic E-state index is 10.5. The number of aliphatic carboxylic acids is 1. The molecule has 0 bridgehead atoms. The summed E-state index contributed by atoms with van der Waals surface area (Å²) in [6, 6.07) is 0. The van der Waals surface area contributed by atoms with Gasteiger partial charge in [0.1, 0.15) is 0 Å². The first-order chi connectivity index (χ1) is 5.81. The first-order valence-corrected chi connectivity index (χ1v) is 4.75. The van der Waals surface area contributed by atoms with Crippen LogP contribution in [-0.2, 0) is 24.4 Å². The van der Waals surface area contributed by atoms with E-state index in [1.807, 2.05) is 0 Å². The van der Waals surface area contributed by atoms with E-state index in [1.165, 1.54) is 0 Å². The predicted octanol–water partition coefficient (Wildman–Crippen LogP) is -0.760. The molecular formula is C5H8O7S.